The number of primary amides is 1. The first-order chi connectivity index (χ1) is 15.6. The molecule has 3 aromatic carbocycles. The topological polar surface area (TPSA) is 82.5 Å². The second kappa shape index (κ2) is 9.59. The van der Waals surface area contributed by atoms with Crippen molar-refractivity contribution < 1.29 is 4.79 Å². The van der Waals surface area contributed by atoms with Gasteiger partial charge in [0.1, 0.15) is 11.6 Å². The van der Waals surface area contributed by atoms with Crippen molar-refractivity contribution in [2.45, 2.75) is 12.5 Å². The normalized spacial score (nSPS) is 16.1. The van der Waals surface area contributed by atoms with Crippen molar-refractivity contribution in [2.24, 2.45) is 10.8 Å². The number of nitrogens with two attached hydrogens (primary N) is 1. The van der Waals surface area contributed by atoms with E-state index in [-0.39, 0.29) is 11.6 Å². The van der Waals surface area contributed by atoms with Gasteiger partial charge in [-0.05, 0) is 41.0 Å². The lowest BCUT2D eigenvalue weighted by atomic mass is 10.0. The molecule has 1 amide bonds. The van der Waals surface area contributed by atoms with Gasteiger partial charge in [-0.3, -0.25) is 9.80 Å². The maximum atomic E-state index is 11.3. The van der Waals surface area contributed by atoms with Gasteiger partial charge in [0, 0.05) is 6.42 Å². The van der Waals surface area contributed by atoms with E-state index in [0.29, 0.717) is 0 Å². The lowest BCUT2D eigenvalue weighted by Crippen LogP contribution is -2.18. The summed E-state index contributed by atoms with van der Waals surface area (Å²) in [6, 6.07) is 29.9. The fraction of sp³-hybridized carbons (Fsp3) is 0.0741. The summed E-state index contributed by atoms with van der Waals surface area (Å²) in [7, 11) is 0. The van der Waals surface area contributed by atoms with E-state index in [4.69, 9.17) is 16.1 Å². The fourth-order valence-electron chi connectivity index (χ4n) is 3.61. The van der Waals surface area contributed by atoms with Crippen LogP contribution in [0.5, 0.6) is 0 Å². The number of hydrazone groups is 1. The van der Waals surface area contributed by atoms with Crippen molar-refractivity contribution in [2.75, 3.05) is 5.01 Å². The van der Waals surface area contributed by atoms with Crippen molar-refractivity contribution in [3.05, 3.63) is 113 Å². The highest BCUT2D eigenvalue weighted by molar-refractivity contribution is 6.01. The Kier molecular flexibility index (Phi) is 6.24. The molecule has 32 heavy (non-hydrogen) atoms. The smallest absolute Gasteiger partial charge is 0.259 e. The number of carbonyl (C=O) groups is 1. The first kappa shape index (κ1) is 20.8. The van der Waals surface area contributed by atoms with Crippen molar-refractivity contribution in [3.63, 3.8) is 0 Å². The Labute approximate surface area is 187 Å². The number of carbonyl (C=O) groups excluding carboxylic acids is 1. The summed E-state index contributed by atoms with van der Waals surface area (Å²) in [6.45, 7) is 0. The predicted octanol–water partition coefficient (Wildman–Crippen LogP) is 5.10. The van der Waals surface area contributed by atoms with Gasteiger partial charge in [0.15, 0.2) is 0 Å². The van der Waals surface area contributed by atoms with Crippen LogP contribution in [0.1, 0.15) is 29.2 Å². The van der Waals surface area contributed by atoms with Crippen LogP contribution in [0.25, 0.3) is 12.2 Å². The van der Waals surface area contributed by atoms with E-state index in [0.717, 1.165) is 28.9 Å². The van der Waals surface area contributed by atoms with E-state index < -0.39 is 5.91 Å². The zero-order valence-corrected chi connectivity index (χ0v) is 17.4. The summed E-state index contributed by atoms with van der Waals surface area (Å²) in [4.78, 5) is 11.3. The first-order valence-electron chi connectivity index (χ1n) is 10.3. The summed E-state index contributed by atoms with van der Waals surface area (Å²) in [5.41, 5.74) is 10.1. The van der Waals surface area contributed by atoms with Crippen LogP contribution < -0.4 is 10.7 Å². The molecule has 5 nitrogen and oxygen atoms in total. The summed E-state index contributed by atoms with van der Waals surface area (Å²) < 4.78 is 0. The Balaban J connectivity index is 1.63. The SMILES string of the molecule is N#C/C(=C\c1ccc(N2N=C(/C=C/c3ccccc3)C[C@H]2c2ccccc2)cc1)C(N)=O. The summed E-state index contributed by atoms with van der Waals surface area (Å²) in [6.07, 6.45) is 6.41. The molecule has 0 unspecified atom stereocenters. The maximum Gasteiger partial charge on any atom is 0.259 e. The van der Waals surface area contributed by atoms with Crippen molar-refractivity contribution in [1.82, 2.24) is 0 Å². The van der Waals surface area contributed by atoms with Gasteiger partial charge in [-0.25, -0.2) is 0 Å². The largest absolute Gasteiger partial charge is 0.365 e. The molecule has 0 spiro atoms. The Morgan fingerprint density at radius 1 is 0.938 bits per heavy atom. The zero-order chi connectivity index (χ0) is 22.3. The highest BCUT2D eigenvalue weighted by atomic mass is 16.1. The Morgan fingerprint density at radius 2 is 1.59 bits per heavy atom. The molecule has 0 aromatic heterocycles. The number of nitriles is 1. The minimum absolute atomic E-state index is 0.0764. The van der Waals surface area contributed by atoms with Gasteiger partial charge in [0.2, 0.25) is 0 Å². The average Bonchev–Trinajstić information content (AvgIpc) is 3.27. The second-order valence-corrected chi connectivity index (χ2v) is 7.44. The molecule has 1 aliphatic heterocycles. The number of anilines is 1. The second-order valence-electron chi connectivity index (χ2n) is 7.44. The number of hydrogen-bond acceptors (Lipinski definition) is 4. The van der Waals surface area contributed by atoms with E-state index in [1.54, 1.807) is 0 Å². The Bertz CT molecular complexity index is 1220. The summed E-state index contributed by atoms with van der Waals surface area (Å²) >= 11 is 0. The molecule has 0 radical (unpaired) electrons. The summed E-state index contributed by atoms with van der Waals surface area (Å²) in [5, 5.41) is 16.0. The fourth-order valence-corrected chi connectivity index (χ4v) is 3.61. The molecule has 156 valence electrons. The minimum Gasteiger partial charge on any atom is -0.365 e. The molecule has 0 bridgehead atoms. The zero-order valence-electron chi connectivity index (χ0n) is 17.4. The monoisotopic (exact) mass is 418 g/mol. The number of allylic oxidation sites excluding steroid dienone is 1. The number of nitrogens with zero attached hydrogens (tertiary/aromatic N) is 3. The van der Waals surface area contributed by atoms with Gasteiger partial charge in [-0.15, -0.1) is 0 Å². The van der Waals surface area contributed by atoms with Crippen molar-refractivity contribution >= 4 is 29.5 Å². The van der Waals surface area contributed by atoms with E-state index >= 15 is 0 Å². The molecule has 1 heterocycles. The quantitative estimate of drug-likeness (QED) is 0.447. The van der Waals surface area contributed by atoms with Crippen LogP contribution >= 0.6 is 0 Å². The van der Waals surface area contributed by atoms with E-state index in [1.165, 1.54) is 11.6 Å². The van der Waals surface area contributed by atoms with Crippen LogP contribution in [-0.4, -0.2) is 11.6 Å². The van der Waals surface area contributed by atoms with Crippen LogP contribution in [0.2, 0.25) is 0 Å². The molecule has 0 aliphatic carbocycles. The van der Waals surface area contributed by atoms with Crippen LogP contribution in [0.4, 0.5) is 5.69 Å². The third-order valence-corrected chi connectivity index (χ3v) is 5.24. The van der Waals surface area contributed by atoms with Crippen LogP contribution in [-0.2, 0) is 4.79 Å². The van der Waals surface area contributed by atoms with Gasteiger partial charge in [-0.2, -0.15) is 10.4 Å². The molecule has 0 saturated heterocycles. The molecule has 0 saturated carbocycles. The third-order valence-electron chi connectivity index (χ3n) is 5.24. The van der Waals surface area contributed by atoms with E-state index in [1.807, 2.05) is 71.7 Å². The van der Waals surface area contributed by atoms with Gasteiger partial charge in [0.05, 0.1) is 17.4 Å². The highest BCUT2D eigenvalue weighted by Gasteiger charge is 2.28. The Morgan fingerprint density at radius 3 is 2.22 bits per heavy atom. The highest BCUT2D eigenvalue weighted by Crippen LogP contribution is 2.35. The molecule has 1 aliphatic rings. The standard InChI is InChI=1S/C27H22N4O/c28-19-23(27(29)32)17-21-12-15-25(16-13-21)31-26(22-9-5-2-6-10-22)18-24(30-31)14-11-20-7-3-1-4-8-20/h1-17,26H,18H2,(H2,29,32)/b14-11+,23-17+/t26-/m0/s1. The number of rotatable bonds is 6. The molecule has 1 atom stereocenters. The van der Waals surface area contributed by atoms with Crippen molar-refractivity contribution in [1.29, 1.82) is 5.26 Å². The summed E-state index contributed by atoms with van der Waals surface area (Å²) in [5.74, 6) is -0.736. The lowest BCUT2D eigenvalue weighted by molar-refractivity contribution is -0.114. The minimum atomic E-state index is -0.736. The molecular formula is C27H22N4O. The molecule has 0 fully saturated rings. The van der Waals surface area contributed by atoms with Crippen molar-refractivity contribution in [3.8, 4) is 6.07 Å². The van der Waals surface area contributed by atoms with E-state index in [9.17, 15) is 4.79 Å². The first-order valence-corrected chi connectivity index (χ1v) is 10.3. The third kappa shape index (κ3) is 4.82. The number of amides is 1. The van der Waals surface area contributed by atoms with Gasteiger partial charge in [-0.1, -0.05) is 78.9 Å². The molecule has 3 aromatic rings. The van der Waals surface area contributed by atoms with E-state index in [2.05, 4.69) is 36.4 Å². The predicted molar refractivity (Wildman–Crippen MR) is 128 cm³/mol. The molecule has 4 rings (SSSR count). The van der Waals surface area contributed by atoms with Gasteiger partial charge < -0.3 is 5.73 Å². The maximum absolute atomic E-state index is 11.3. The molecule has 5 heteroatoms. The molecular weight excluding hydrogens is 396 g/mol. The molecule has 2 N–H and O–H groups in total. The van der Waals surface area contributed by atoms with Gasteiger partial charge >= 0.3 is 0 Å². The lowest BCUT2D eigenvalue weighted by Gasteiger charge is -2.24. The van der Waals surface area contributed by atoms with Gasteiger partial charge in [0.25, 0.3) is 5.91 Å². The number of hydrogen-bond donors (Lipinski definition) is 1. The number of benzene rings is 3. The van der Waals surface area contributed by atoms with Crippen LogP contribution in [0.15, 0.2) is 102 Å². The van der Waals surface area contributed by atoms with Crippen LogP contribution in [0, 0.1) is 11.3 Å². The van der Waals surface area contributed by atoms with Crippen LogP contribution in [0.3, 0.4) is 0 Å². The Hall–Kier alpha value is -4.43. The average molecular weight is 419 g/mol.